The lowest BCUT2D eigenvalue weighted by atomic mass is 10.1. The van der Waals surface area contributed by atoms with Gasteiger partial charge in [0.25, 0.3) is 5.56 Å². The van der Waals surface area contributed by atoms with Crippen molar-refractivity contribution in [1.82, 2.24) is 9.97 Å². The SMILES string of the molecule is CC.O=c1[nH]c(=O)c2cc3ccccc3cc2[nH]1. The molecule has 4 heteroatoms. The molecule has 0 saturated heterocycles. The van der Waals surface area contributed by atoms with Crippen molar-refractivity contribution < 1.29 is 0 Å². The first kappa shape index (κ1) is 12.1. The number of fused-ring (bicyclic) bond motifs is 2. The van der Waals surface area contributed by atoms with Crippen LogP contribution in [0.2, 0.25) is 0 Å². The van der Waals surface area contributed by atoms with Crippen molar-refractivity contribution in [2.45, 2.75) is 13.8 Å². The minimum atomic E-state index is -0.479. The van der Waals surface area contributed by atoms with Gasteiger partial charge in [0, 0.05) is 0 Å². The Hall–Kier alpha value is -2.36. The molecule has 92 valence electrons. The van der Waals surface area contributed by atoms with Gasteiger partial charge in [0.2, 0.25) is 0 Å². The topological polar surface area (TPSA) is 65.7 Å². The predicted octanol–water partition coefficient (Wildman–Crippen LogP) is 2.40. The van der Waals surface area contributed by atoms with E-state index >= 15 is 0 Å². The third-order valence-electron chi connectivity index (χ3n) is 2.61. The first-order valence-electron chi connectivity index (χ1n) is 5.89. The molecule has 2 N–H and O–H groups in total. The van der Waals surface area contributed by atoms with Crippen LogP contribution in [0, 0.1) is 0 Å². The van der Waals surface area contributed by atoms with Crippen molar-refractivity contribution in [2.24, 2.45) is 0 Å². The average Bonchev–Trinajstić information content (AvgIpc) is 2.39. The Labute approximate surface area is 103 Å². The van der Waals surface area contributed by atoms with Crippen LogP contribution in [0.3, 0.4) is 0 Å². The van der Waals surface area contributed by atoms with Gasteiger partial charge in [-0.1, -0.05) is 38.1 Å². The zero-order valence-electron chi connectivity index (χ0n) is 10.3. The van der Waals surface area contributed by atoms with Crippen LogP contribution in [-0.2, 0) is 0 Å². The van der Waals surface area contributed by atoms with Gasteiger partial charge in [0.05, 0.1) is 10.9 Å². The molecule has 4 nitrogen and oxygen atoms in total. The van der Waals surface area contributed by atoms with Crippen molar-refractivity contribution in [1.29, 1.82) is 0 Å². The normalized spacial score (nSPS) is 10.1. The standard InChI is InChI=1S/C12H8N2O2.C2H6/c15-11-9-5-7-3-1-2-4-8(7)6-10(9)13-12(16)14-11;1-2/h1-6H,(H2,13,14,15,16);1-2H3. The fourth-order valence-corrected chi connectivity index (χ4v) is 1.86. The molecule has 0 unspecified atom stereocenters. The smallest absolute Gasteiger partial charge is 0.307 e. The van der Waals surface area contributed by atoms with E-state index in [0.717, 1.165) is 10.8 Å². The van der Waals surface area contributed by atoms with E-state index in [1.807, 2.05) is 38.1 Å². The van der Waals surface area contributed by atoms with E-state index in [2.05, 4.69) is 9.97 Å². The Morgan fingerprint density at radius 2 is 1.50 bits per heavy atom. The molecule has 18 heavy (non-hydrogen) atoms. The number of hydrogen-bond donors (Lipinski definition) is 2. The second kappa shape index (κ2) is 4.87. The van der Waals surface area contributed by atoms with E-state index in [1.165, 1.54) is 0 Å². The number of aromatic amines is 2. The lowest BCUT2D eigenvalue weighted by Gasteiger charge is -2.00. The Balaban J connectivity index is 0.000000574. The number of nitrogens with one attached hydrogen (secondary N) is 2. The lowest BCUT2D eigenvalue weighted by Crippen LogP contribution is -2.21. The van der Waals surface area contributed by atoms with Crippen molar-refractivity contribution >= 4 is 21.7 Å². The molecule has 0 radical (unpaired) electrons. The summed E-state index contributed by atoms with van der Waals surface area (Å²) >= 11 is 0. The Kier molecular flexibility index (Phi) is 3.28. The summed E-state index contributed by atoms with van der Waals surface area (Å²) < 4.78 is 0. The summed E-state index contributed by atoms with van der Waals surface area (Å²) in [5.41, 5.74) is -0.273. The molecule has 1 heterocycles. The van der Waals surface area contributed by atoms with Crippen molar-refractivity contribution in [2.75, 3.05) is 0 Å². The predicted molar refractivity (Wildman–Crippen MR) is 74.0 cm³/mol. The van der Waals surface area contributed by atoms with Crippen LogP contribution in [-0.4, -0.2) is 9.97 Å². The van der Waals surface area contributed by atoms with Crippen LogP contribution >= 0.6 is 0 Å². The summed E-state index contributed by atoms with van der Waals surface area (Å²) in [5, 5.41) is 2.47. The van der Waals surface area contributed by atoms with Gasteiger partial charge in [0.15, 0.2) is 0 Å². The molecule has 0 aliphatic rings. The maximum atomic E-state index is 11.6. The molecule has 0 aliphatic carbocycles. The molecule has 0 amide bonds. The molecule has 0 saturated carbocycles. The first-order valence-corrected chi connectivity index (χ1v) is 5.89. The Morgan fingerprint density at radius 3 is 2.17 bits per heavy atom. The molecule has 0 spiro atoms. The Morgan fingerprint density at radius 1 is 0.889 bits per heavy atom. The summed E-state index contributed by atoms with van der Waals surface area (Å²) in [4.78, 5) is 27.5. The van der Waals surface area contributed by atoms with Crippen molar-refractivity contribution in [3.05, 3.63) is 57.2 Å². The van der Waals surface area contributed by atoms with E-state index in [1.54, 1.807) is 12.1 Å². The monoisotopic (exact) mass is 242 g/mol. The van der Waals surface area contributed by atoms with E-state index in [4.69, 9.17) is 0 Å². The molecule has 1 aromatic heterocycles. The van der Waals surface area contributed by atoms with Gasteiger partial charge < -0.3 is 4.98 Å². The fraction of sp³-hybridized carbons (Fsp3) is 0.143. The van der Waals surface area contributed by atoms with Crippen LogP contribution in [0.15, 0.2) is 46.0 Å². The quantitative estimate of drug-likeness (QED) is 0.594. The Bertz CT molecular complexity index is 800. The number of aromatic nitrogens is 2. The second-order valence-electron chi connectivity index (χ2n) is 3.65. The van der Waals surface area contributed by atoms with Gasteiger partial charge in [-0.3, -0.25) is 9.78 Å². The third-order valence-corrected chi connectivity index (χ3v) is 2.61. The molecule has 0 fully saturated rings. The van der Waals surface area contributed by atoms with Crippen LogP contribution in [0.25, 0.3) is 21.7 Å². The van der Waals surface area contributed by atoms with Crippen LogP contribution < -0.4 is 11.2 Å². The molecule has 0 bridgehead atoms. The summed E-state index contributed by atoms with van der Waals surface area (Å²) in [6, 6.07) is 11.3. The van der Waals surface area contributed by atoms with Gasteiger partial charge in [-0.2, -0.15) is 0 Å². The van der Waals surface area contributed by atoms with Crippen LogP contribution in [0.4, 0.5) is 0 Å². The molecule has 3 aromatic rings. The van der Waals surface area contributed by atoms with Crippen LogP contribution in [0.1, 0.15) is 13.8 Å². The van der Waals surface area contributed by atoms with Gasteiger partial charge in [0.1, 0.15) is 0 Å². The van der Waals surface area contributed by atoms with Gasteiger partial charge >= 0.3 is 5.69 Å². The highest BCUT2D eigenvalue weighted by Gasteiger charge is 2.02. The fourth-order valence-electron chi connectivity index (χ4n) is 1.86. The average molecular weight is 242 g/mol. The number of rotatable bonds is 0. The highest BCUT2D eigenvalue weighted by molar-refractivity contribution is 5.95. The van der Waals surface area contributed by atoms with Gasteiger partial charge in [-0.15, -0.1) is 0 Å². The largest absolute Gasteiger partial charge is 0.326 e. The molecule has 0 atom stereocenters. The van der Waals surface area contributed by atoms with Crippen molar-refractivity contribution in [3.63, 3.8) is 0 Å². The maximum Gasteiger partial charge on any atom is 0.326 e. The number of hydrogen-bond acceptors (Lipinski definition) is 2. The summed E-state index contributed by atoms with van der Waals surface area (Å²) in [6.45, 7) is 4.00. The zero-order chi connectivity index (χ0) is 13.1. The van der Waals surface area contributed by atoms with E-state index in [-0.39, 0.29) is 5.56 Å². The summed E-state index contributed by atoms with van der Waals surface area (Å²) in [6.07, 6.45) is 0. The van der Waals surface area contributed by atoms with E-state index in [0.29, 0.717) is 10.9 Å². The number of H-pyrrole nitrogens is 2. The zero-order valence-corrected chi connectivity index (χ0v) is 10.3. The minimum Gasteiger partial charge on any atom is -0.307 e. The molecular formula is C14H14N2O2. The lowest BCUT2D eigenvalue weighted by molar-refractivity contribution is 1.08. The van der Waals surface area contributed by atoms with E-state index in [9.17, 15) is 9.59 Å². The maximum absolute atomic E-state index is 11.6. The molecule has 3 rings (SSSR count). The summed E-state index contributed by atoms with van der Waals surface area (Å²) in [7, 11) is 0. The second-order valence-corrected chi connectivity index (χ2v) is 3.65. The summed E-state index contributed by atoms with van der Waals surface area (Å²) in [5.74, 6) is 0. The van der Waals surface area contributed by atoms with Crippen molar-refractivity contribution in [3.8, 4) is 0 Å². The highest BCUT2D eigenvalue weighted by Crippen LogP contribution is 2.17. The van der Waals surface area contributed by atoms with E-state index < -0.39 is 5.69 Å². The van der Waals surface area contributed by atoms with Gasteiger partial charge in [-0.05, 0) is 22.9 Å². The first-order chi connectivity index (χ1) is 8.74. The molecule has 0 aliphatic heterocycles. The minimum absolute atomic E-state index is 0.357. The molecule has 2 aromatic carbocycles. The number of benzene rings is 2. The van der Waals surface area contributed by atoms with Gasteiger partial charge in [-0.25, -0.2) is 4.79 Å². The third kappa shape index (κ3) is 2.05. The van der Waals surface area contributed by atoms with Crippen LogP contribution in [0.5, 0.6) is 0 Å². The highest BCUT2D eigenvalue weighted by atomic mass is 16.2. The molecular weight excluding hydrogens is 228 g/mol.